The number of hydrogen-bond donors (Lipinski definition) is 0. The largest absolute Gasteiger partial charge is 0.330 e. The number of tetrazole rings is 1. The van der Waals surface area contributed by atoms with Gasteiger partial charge in [0.2, 0.25) is 0 Å². The number of nitrogens with zero attached hydrogens (tertiary/aromatic N) is 6. The van der Waals surface area contributed by atoms with Crippen LogP contribution in [-0.2, 0) is 12.1 Å². The van der Waals surface area contributed by atoms with Gasteiger partial charge < -0.3 is 4.57 Å². The van der Waals surface area contributed by atoms with Gasteiger partial charge >= 0.3 is 0 Å². The van der Waals surface area contributed by atoms with Gasteiger partial charge in [0.05, 0.1) is 6.33 Å². The molecule has 5 aromatic carbocycles. The van der Waals surface area contributed by atoms with Crippen LogP contribution in [0.2, 0.25) is 5.02 Å². The van der Waals surface area contributed by atoms with Crippen molar-refractivity contribution in [1.29, 1.82) is 0 Å². The van der Waals surface area contributed by atoms with Crippen molar-refractivity contribution in [1.82, 2.24) is 29.8 Å². The lowest BCUT2D eigenvalue weighted by atomic mass is 9.76. The number of imidazole rings is 1. The van der Waals surface area contributed by atoms with E-state index in [1.54, 1.807) is 0 Å². The molecule has 0 aliphatic carbocycles. The van der Waals surface area contributed by atoms with E-state index >= 15 is 0 Å². The van der Waals surface area contributed by atoms with Crippen molar-refractivity contribution >= 4 is 11.6 Å². The lowest BCUT2D eigenvalue weighted by Crippen LogP contribution is -2.39. The van der Waals surface area contributed by atoms with Crippen LogP contribution < -0.4 is 0 Å². The van der Waals surface area contributed by atoms with E-state index < -0.39 is 5.54 Å². The summed E-state index contributed by atoms with van der Waals surface area (Å²) in [6.45, 7) is 2.83. The molecule has 0 saturated heterocycles. The number of aromatic nitrogens is 6. The Morgan fingerprint density at radius 2 is 1.30 bits per heavy atom. The molecule has 0 N–H and O–H groups in total. The van der Waals surface area contributed by atoms with Crippen molar-refractivity contribution in [3.8, 4) is 22.5 Å². The Hall–Kier alpha value is -5.33. The number of hydrogen-bond acceptors (Lipinski definition) is 4. The SMILES string of the molecule is Cc1cncn1Cc1ccc(-c2ccccc2-c2nnnn2C(c2ccccc2)(c2ccccc2)c2ccccc2Cl)cc1. The van der Waals surface area contributed by atoms with E-state index in [2.05, 4.69) is 93.5 Å². The number of benzene rings is 5. The highest BCUT2D eigenvalue weighted by Crippen LogP contribution is 2.45. The van der Waals surface area contributed by atoms with E-state index in [-0.39, 0.29) is 0 Å². The highest BCUT2D eigenvalue weighted by molar-refractivity contribution is 6.31. The maximum atomic E-state index is 7.04. The molecule has 7 aromatic rings. The van der Waals surface area contributed by atoms with Crippen LogP contribution in [0.15, 0.2) is 146 Å². The Morgan fingerprint density at radius 3 is 1.93 bits per heavy atom. The lowest BCUT2D eigenvalue weighted by Gasteiger charge is -2.37. The van der Waals surface area contributed by atoms with E-state index in [0.717, 1.165) is 45.6 Å². The zero-order valence-corrected chi connectivity index (χ0v) is 24.9. The quantitative estimate of drug-likeness (QED) is 0.167. The van der Waals surface area contributed by atoms with E-state index in [0.29, 0.717) is 10.8 Å². The number of rotatable bonds is 8. The molecule has 44 heavy (non-hydrogen) atoms. The van der Waals surface area contributed by atoms with Gasteiger partial charge in [0, 0.05) is 34.6 Å². The molecule has 0 atom stereocenters. The standard InChI is InChI=1S/C37H29ClN6/c1-27-24-39-26-43(27)25-28-20-22-29(23-21-28)32-16-8-9-17-33(32)36-40-41-42-44(36)37(30-12-4-2-5-13-30,31-14-6-3-7-15-31)34-18-10-11-19-35(34)38/h2-24,26H,25H2,1H3. The first-order valence-corrected chi connectivity index (χ1v) is 14.8. The van der Waals surface area contributed by atoms with Gasteiger partial charge in [0.15, 0.2) is 5.82 Å². The molecule has 0 amide bonds. The van der Waals surface area contributed by atoms with Crippen LogP contribution in [0.1, 0.15) is 27.9 Å². The molecule has 0 spiro atoms. The van der Waals surface area contributed by atoms with Crippen molar-refractivity contribution in [2.24, 2.45) is 0 Å². The molecule has 2 aromatic heterocycles. The molecular formula is C37H29ClN6. The molecule has 7 rings (SSSR count). The van der Waals surface area contributed by atoms with Gasteiger partial charge in [0.25, 0.3) is 0 Å². The fourth-order valence-corrected chi connectivity index (χ4v) is 6.27. The third-order valence-corrected chi connectivity index (χ3v) is 8.47. The van der Waals surface area contributed by atoms with Crippen molar-refractivity contribution in [2.75, 3.05) is 0 Å². The number of aryl methyl sites for hydroxylation is 1. The molecule has 0 radical (unpaired) electrons. The Balaban J connectivity index is 1.43. The third-order valence-electron chi connectivity index (χ3n) is 8.14. The fraction of sp³-hybridized carbons (Fsp3) is 0.0811. The van der Waals surface area contributed by atoms with Crippen LogP contribution in [0.5, 0.6) is 0 Å². The van der Waals surface area contributed by atoms with Crippen LogP contribution in [0, 0.1) is 6.92 Å². The molecular weight excluding hydrogens is 564 g/mol. The normalized spacial score (nSPS) is 11.5. The monoisotopic (exact) mass is 592 g/mol. The maximum Gasteiger partial charge on any atom is 0.184 e. The van der Waals surface area contributed by atoms with Gasteiger partial charge in [-0.1, -0.05) is 139 Å². The summed E-state index contributed by atoms with van der Waals surface area (Å²) in [6, 6.07) is 45.4. The molecule has 0 saturated carbocycles. The molecule has 2 heterocycles. The molecule has 0 aliphatic heterocycles. The summed E-state index contributed by atoms with van der Waals surface area (Å²) in [7, 11) is 0. The predicted molar refractivity (Wildman–Crippen MR) is 174 cm³/mol. The third kappa shape index (κ3) is 4.79. The molecule has 214 valence electrons. The minimum atomic E-state index is -0.959. The molecule has 6 nitrogen and oxygen atoms in total. The highest BCUT2D eigenvalue weighted by Gasteiger charge is 2.43. The summed E-state index contributed by atoms with van der Waals surface area (Å²) in [5.41, 5.74) is 7.25. The summed E-state index contributed by atoms with van der Waals surface area (Å²) in [5, 5.41) is 14.3. The van der Waals surface area contributed by atoms with Crippen LogP contribution in [0.25, 0.3) is 22.5 Å². The van der Waals surface area contributed by atoms with Gasteiger partial charge in [-0.05, 0) is 51.2 Å². The average molecular weight is 593 g/mol. The minimum absolute atomic E-state index is 0.624. The Kier molecular flexibility index (Phi) is 7.34. The van der Waals surface area contributed by atoms with Gasteiger partial charge in [-0.15, -0.1) is 5.10 Å². The second-order valence-electron chi connectivity index (χ2n) is 10.7. The summed E-state index contributed by atoms with van der Waals surface area (Å²) in [4.78, 5) is 4.26. The van der Waals surface area contributed by atoms with E-state index in [1.165, 1.54) is 5.56 Å². The second-order valence-corrected chi connectivity index (χ2v) is 11.1. The van der Waals surface area contributed by atoms with Crippen molar-refractivity contribution < 1.29 is 0 Å². The molecule has 0 bridgehead atoms. The minimum Gasteiger partial charge on any atom is -0.330 e. The fourth-order valence-electron chi connectivity index (χ4n) is 6.00. The summed E-state index contributed by atoms with van der Waals surface area (Å²) in [6.07, 6.45) is 3.74. The van der Waals surface area contributed by atoms with Crippen LogP contribution in [0.3, 0.4) is 0 Å². The van der Waals surface area contributed by atoms with Gasteiger partial charge in [-0.25, -0.2) is 9.67 Å². The Morgan fingerprint density at radius 1 is 0.682 bits per heavy atom. The van der Waals surface area contributed by atoms with Crippen molar-refractivity contribution in [3.05, 3.63) is 179 Å². The topological polar surface area (TPSA) is 61.4 Å². The van der Waals surface area contributed by atoms with Crippen molar-refractivity contribution in [3.63, 3.8) is 0 Å². The highest BCUT2D eigenvalue weighted by atomic mass is 35.5. The average Bonchev–Trinajstić information content (AvgIpc) is 3.73. The second kappa shape index (κ2) is 11.7. The first-order chi connectivity index (χ1) is 21.7. The molecule has 0 fully saturated rings. The molecule has 7 heteroatoms. The van der Waals surface area contributed by atoms with Crippen LogP contribution in [-0.4, -0.2) is 29.8 Å². The van der Waals surface area contributed by atoms with Crippen LogP contribution >= 0.6 is 11.6 Å². The Bertz CT molecular complexity index is 1970. The summed E-state index contributed by atoms with van der Waals surface area (Å²) < 4.78 is 4.06. The predicted octanol–water partition coefficient (Wildman–Crippen LogP) is 8.05. The first kappa shape index (κ1) is 27.5. The molecule has 0 unspecified atom stereocenters. The zero-order chi connectivity index (χ0) is 29.9. The lowest BCUT2D eigenvalue weighted by molar-refractivity contribution is 0.451. The maximum absolute atomic E-state index is 7.04. The molecule has 0 aliphatic rings. The smallest absolute Gasteiger partial charge is 0.184 e. The number of halogens is 1. The summed E-state index contributed by atoms with van der Waals surface area (Å²) in [5.74, 6) is 0.631. The Labute approximate surface area is 261 Å². The van der Waals surface area contributed by atoms with Crippen molar-refractivity contribution in [2.45, 2.75) is 19.0 Å². The van der Waals surface area contributed by atoms with Gasteiger partial charge in [-0.2, -0.15) is 0 Å². The van der Waals surface area contributed by atoms with Gasteiger partial charge in [0.1, 0.15) is 5.54 Å². The van der Waals surface area contributed by atoms with E-state index in [4.69, 9.17) is 16.8 Å². The summed E-state index contributed by atoms with van der Waals surface area (Å²) >= 11 is 7.04. The first-order valence-electron chi connectivity index (χ1n) is 14.5. The van der Waals surface area contributed by atoms with Gasteiger partial charge in [-0.3, -0.25) is 0 Å². The van der Waals surface area contributed by atoms with E-state index in [1.807, 2.05) is 83.9 Å². The zero-order valence-electron chi connectivity index (χ0n) is 24.1. The van der Waals surface area contributed by atoms with E-state index in [9.17, 15) is 0 Å². The van der Waals surface area contributed by atoms with Crippen LogP contribution in [0.4, 0.5) is 0 Å².